The van der Waals surface area contributed by atoms with Gasteiger partial charge < -0.3 is 19.4 Å². The summed E-state index contributed by atoms with van der Waals surface area (Å²) in [4.78, 5) is 26.5. The van der Waals surface area contributed by atoms with Gasteiger partial charge in [0.25, 0.3) is 15.9 Å². The predicted octanol–water partition coefficient (Wildman–Crippen LogP) is 9.01. The number of halogens is 3. The number of anilines is 1. The van der Waals surface area contributed by atoms with E-state index in [1.54, 1.807) is 23.1 Å². The fourth-order valence-corrected chi connectivity index (χ4v) is 10.1. The number of ether oxygens (including phenoxy) is 2. The highest BCUT2D eigenvalue weighted by Gasteiger charge is 2.34. The third kappa shape index (κ3) is 8.94. The van der Waals surface area contributed by atoms with Crippen LogP contribution < -0.4 is 14.4 Å². The number of amides is 1. The molecule has 3 aromatic heterocycles. The zero-order valence-electron chi connectivity index (χ0n) is 34.6. The van der Waals surface area contributed by atoms with Crippen LogP contribution in [0.1, 0.15) is 61.9 Å². The summed E-state index contributed by atoms with van der Waals surface area (Å²) >= 11 is 12.7. The number of benzene rings is 3. The molecule has 1 amide bonds. The number of hydrogen-bond donors (Lipinski definition) is 2. The minimum Gasteiger partial charge on any atom is -0.489 e. The molecule has 2 saturated heterocycles. The molecule has 0 spiro atoms. The maximum Gasteiger partial charge on any atom is 0.267 e. The maximum atomic E-state index is 15.1. The first kappa shape index (κ1) is 42.3. The number of fused-ring (bicyclic) bond motifs is 2. The lowest BCUT2D eigenvalue weighted by atomic mass is 9.72. The number of H-pyrrole nitrogens is 1. The Kier molecular flexibility index (Phi) is 11.6. The van der Waals surface area contributed by atoms with Crippen molar-refractivity contribution in [2.45, 2.75) is 56.5 Å². The number of hydrogen-bond acceptors (Lipinski definition) is 9. The summed E-state index contributed by atoms with van der Waals surface area (Å²) in [7, 11) is -4.42. The monoisotopic (exact) mass is 899 g/mol. The Labute approximate surface area is 370 Å². The van der Waals surface area contributed by atoms with Gasteiger partial charge in [0.05, 0.1) is 32.9 Å². The Bertz CT molecular complexity index is 2790. The summed E-state index contributed by atoms with van der Waals surface area (Å²) in [5, 5.41) is 6.22. The molecule has 0 bridgehead atoms. The van der Waals surface area contributed by atoms with Gasteiger partial charge in [0.2, 0.25) is 0 Å². The fourth-order valence-electron chi connectivity index (χ4n) is 8.69. The molecule has 62 heavy (non-hydrogen) atoms. The number of sulfonamides is 1. The van der Waals surface area contributed by atoms with Crippen molar-refractivity contribution in [3.05, 3.63) is 112 Å². The number of aromatic nitrogens is 4. The average molecular weight is 901 g/mol. The van der Waals surface area contributed by atoms with Crippen LogP contribution in [0.3, 0.4) is 0 Å². The van der Waals surface area contributed by atoms with Crippen LogP contribution in [-0.2, 0) is 14.8 Å². The molecule has 0 atom stereocenters. The number of carbonyl (C=O) groups excluding carboxylic acids is 1. The normalized spacial score (nSPS) is 18.4. The smallest absolute Gasteiger partial charge is 0.267 e. The predicted molar refractivity (Wildman–Crippen MR) is 241 cm³/mol. The van der Waals surface area contributed by atoms with Crippen molar-refractivity contribution >= 4 is 72.5 Å². The molecule has 2 fully saturated rings. The molecule has 1 aliphatic carbocycles. The van der Waals surface area contributed by atoms with Gasteiger partial charge in [0.15, 0.2) is 0 Å². The Morgan fingerprint density at radius 1 is 0.968 bits per heavy atom. The van der Waals surface area contributed by atoms with Crippen LogP contribution in [-0.4, -0.2) is 97.2 Å². The number of nitrogens with one attached hydrogen (secondary N) is 2. The third-order valence-electron chi connectivity index (χ3n) is 12.4. The van der Waals surface area contributed by atoms with Crippen molar-refractivity contribution in [2.24, 2.45) is 5.41 Å². The highest BCUT2D eigenvalue weighted by atomic mass is 35.5. The van der Waals surface area contributed by atoms with E-state index in [1.165, 1.54) is 34.9 Å². The summed E-state index contributed by atoms with van der Waals surface area (Å²) < 4.78 is 57.4. The van der Waals surface area contributed by atoms with Crippen LogP contribution in [0.5, 0.6) is 5.75 Å². The molecule has 16 heteroatoms. The van der Waals surface area contributed by atoms with E-state index in [9.17, 15) is 13.2 Å². The molecule has 0 radical (unpaired) electrons. The van der Waals surface area contributed by atoms with Gasteiger partial charge in [-0.2, -0.15) is 5.10 Å². The average Bonchev–Trinajstić information content (AvgIpc) is 3.90. The second-order valence-electron chi connectivity index (χ2n) is 17.3. The lowest BCUT2D eigenvalue weighted by Gasteiger charge is -2.39. The van der Waals surface area contributed by atoms with Crippen LogP contribution >= 0.6 is 23.2 Å². The van der Waals surface area contributed by atoms with Crippen molar-refractivity contribution in [2.75, 3.05) is 57.4 Å². The number of alkyl halides is 1. The van der Waals surface area contributed by atoms with Gasteiger partial charge in [0.1, 0.15) is 29.2 Å². The molecule has 3 aromatic carbocycles. The standard InChI is InChI=1S/C46H48Cl2FN7O5S/c1-45(2)13-11-32(37(26-45)30-3-5-33(47)6-4-30)28-54-17-19-55(20-18-54)34-7-9-36(40(24-34)56-41-23-31-12-16-50-43(31)52-39(41)27-51-56)44(57)53-62(58,59)35-8-10-42(38(48)25-35)61-29-46(49)14-21-60-22-15-46/h3-10,12,16,23-25,27H,11,13-15,17-22,26,28-29H2,1-2H3,(H,50,52)(H,53,57). The van der Waals surface area contributed by atoms with Gasteiger partial charge in [-0.25, -0.2) is 27.2 Å². The van der Waals surface area contributed by atoms with Crippen LogP contribution in [0.2, 0.25) is 10.0 Å². The first-order chi connectivity index (χ1) is 29.7. The Hall–Kier alpha value is -4.99. The summed E-state index contributed by atoms with van der Waals surface area (Å²) in [5.41, 5.74) is 6.10. The molecule has 0 saturated carbocycles. The van der Waals surface area contributed by atoms with E-state index in [2.05, 4.69) is 50.6 Å². The van der Waals surface area contributed by atoms with E-state index in [0.29, 0.717) is 35.6 Å². The van der Waals surface area contributed by atoms with Gasteiger partial charge in [-0.05, 0) is 96.5 Å². The lowest BCUT2D eigenvalue weighted by molar-refractivity contribution is -0.0323. The molecule has 6 aromatic rings. The molecule has 2 N–H and O–H groups in total. The highest BCUT2D eigenvalue weighted by Crippen LogP contribution is 2.43. The number of allylic oxidation sites excluding steroid dienone is 1. The lowest BCUT2D eigenvalue weighted by Crippen LogP contribution is -2.47. The third-order valence-corrected chi connectivity index (χ3v) is 14.2. The van der Waals surface area contributed by atoms with Crippen LogP contribution in [0.15, 0.2) is 95.7 Å². The zero-order chi connectivity index (χ0) is 43.2. The number of nitrogens with zero attached hydrogens (tertiary/aromatic N) is 5. The van der Waals surface area contributed by atoms with E-state index in [-0.39, 0.29) is 46.1 Å². The Morgan fingerprint density at radius 3 is 2.50 bits per heavy atom. The van der Waals surface area contributed by atoms with Gasteiger partial charge in [-0.1, -0.05) is 54.8 Å². The van der Waals surface area contributed by atoms with Crippen LogP contribution in [0.4, 0.5) is 10.1 Å². The van der Waals surface area contributed by atoms with E-state index in [0.717, 1.165) is 68.1 Å². The van der Waals surface area contributed by atoms with Crippen molar-refractivity contribution in [1.29, 1.82) is 0 Å². The zero-order valence-corrected chi connectivity index (χ0v) is 36.9. The largest absolute Gasteiger partial charge is 0.489 e. The van der Waals surface area contributed by atoms with E-state index < -0.39 is 21.6 Å². The summed E-state index contributed by atoms with van der Waals surface area (Å²) in [6, 6.07) is 21.2. The van der Waals surface area contributed by atoms with E-state index >= 15 is 4.39 Å². The summed E-state index contributed by atoms with van der Waals surface area (Å²) in [6.45, 7) is 9.10. The second kappa shape index (κ2) is 16.9. The summed E-state index contributed by atoms with van der Waals surface area (Å²) in [5.74, 6) is -0.723. The first-order valence-electron chi connectivity index (χ1n) is 20.9. The Morgan fingerprint density at radius 2 is 1.74 bits per heavy atom. The topological polar surface area (TPSA) is 135 Å². The fraction of sp³-hybridized carbons (Fsp3) is 0.370. The van der Waals surface area contributed by atoms with Crippen molar-refractivity contribution < 1.29 is 27.1 Å². The molecule has 12 nitrogen and oxygen atoms in total. The maximum absolute atomic E-state index is 15.1. The molecule has 0 unspecified atom stereocenters. The van der Waals surface area contributed by atoms with Crippen molar-refractivity contribution in [3.63, 3.8) is 0 Å². The van der Waals surface area contributed by atoms with Gasteiger partial charge in [-0.3, -0.25) is 9.69 Å². The molecule has 3 aliphatic rings. The quantitative estimate of drug-likeness (QED) is 0.131. The summed E-state index contributed by atoms with van der Waals surface area (Å²) in [6.07, 6.45) is 7.02. The van der Waals surface area contributed by atoms with Crippen molar-refractivity contribution in [1.82, 2.24) is 29.4 Å². The number of rotatable bonds is 11. The molecule has 9 rings (SSSR count). The van der Waals surface area contributed by atoms with E-state index in [1.807, 2.05) is 36.4 Å². The van der Waals surface area contributed by atoms with Gasteiger partial charge >= 0.3 is 0 Å². The minimum atomic E-state index is -4.42. The van der Waals surface area contributed by atoms with Crippen LogP contribution in [0, 0.1) is 5.41 Å². The highest BCUT2D eigenvalue weighted by molar-refractivity contribution is 7.90. The SMILES string of the molecule is CC1(C)CCC(CN2CCN(c3ccc(C(=O)NS(=O)(=O)c4ccc(OCC5(F)CCOCC5)c(Cl)c4)c(-n4ncc5nc6[nH]ccc6cc54)c3)CC2)=C(c2ccc(Cl)cc2)C1. The molecule has 2 aliphatic heterocycles. The first-order valence-corrected chi connectivity index (χ1v) is 23.1. The minimum absolute atomic E-state index is 0.0332. The molecular weight excluding hydrogens is 853 g/mol. The number of aromatic amines is 1. The second-order valence-corrected chi connectivity index (χ2v) is 19.9. The van der Waals surface area contributed by atoms with Crippen molar-refractivity contribution in [3.8, 4) is 11.4 Å². The number of carbonyl (C=O) groups is 1. The van der Waals surface area contributed by atoms with Gasteiger partial charge in [-0.15, -0.1) is 0 Å². The molecule has 324 valence electrons. The van der Waals surface area contributed by atoms with E-state index in [4.69, 9.17) is 37.7 Å². The number of piperazine rings is 1. The van der Waals surface area contributed by atoms with Crippen LogP contribution in [0.25, 0.3) is 33.3 Å². The molecule has 5 heterocycles. The number of pyridine rings is 1. The molecular formula is C46H48Cl2FN7O5S. The van der Waals surface area contributed by atoms with Gasteiger partial charge in [0, 0.05) is 81.1 Å². The Balaban J connectivity index is 0.962.